The molecule has 0 unspecified atom stereocenters. The number of aromatic amines is 1. The van der Waals surface area contributed by atoms with Crippen molar-refractivity contribution in [3.8, 4) is 17.1 Å². The number of hydrogen-bond donors (Lipinski definition) is 3. The second-order valence-corrected chi connectivity index (χ2v) is 8.10. The second-order valence-electron chi connectivity index (χ2n) is 7.04. The van der Waals surface area contributed by atoms with E-state index >= 15 is 0 Å². The molecule has 5 rings (SSSR count). The number of benzene rings is 1. The van der Waals surface area contributed by atoms with Crippen LogP contribution in [0.4, 0.5) is 0 Å². The van der Waals surface area contributed by atoms with Crippen molar-refractivity contribution < 1.29 is 5.11 Å². The molecule has 0 spiro atoms. The summed E-state index contributed by atoms with van der Waals surface area (Å²) in [5, 5.41) is 19.6. The molecule has 0 radical (unpaired) electrons. The molecule has 4 aromatic rings. The van der Waals surface area contributed by atoms with Gasteiger partial charge in [0.2, 0.25) is 0 Å². The first kappa shape index (κ1) is 16.5. The van der Waals surface area contributed by atoms with Crippen LogP contribution in [-0.4, -0.2) is 37.9 Å². The van der Waals surface area contributed by atoms with Crippen molar-refractivity contribution in [1.82, 2.24) is 25.1 Å². The lowest BCUT2D eigenvalue weighted by atomic mass is 9.96. The van der Waals surface area contributed by atoms with Crippen molar-refractivity contribution in [1.29, 1.82) is 0 Å². The number of phenols is 1. The Labute approximate surface area is 158 Å². The van der Waals surface area contributed by atoms with Gasteiger partial charge in [-0.3, -0.25) is 9.48 Å². The third-order valence-corrected chi connectivity index (χ3v) is 6.35. The number of nitrogens with one attached hydrogen (secondary N) is 2. The lowest BCUT2D eigenvalue weighted by Gasteiger charge is -2.21. The first-order chi connectivity index (χ1) is 13.1. The molecule has 4 heterocycles. The van der Waals surface area contributed by atoms with Gasteiger partial charge in [0.1, 0.15) is 16.4 Å². The van der Waals surface area contributed by atoms with E-state index in [2.05, 4.69) is 20.4 Å². The van der Waals surface area contributed by atoms with Gasteiger partial charge in [-0.15, -0.1) is 11.3 Å². The molecule has 1 aliphatic rings. The fraction of sp³-hybridized carbons (Fsp3) is 0.316. The van der Waals surface area contributed by atoms with Gasteiger partial charge in [0.05, 0.1) is 16.5 Å². The van der Waals surface area contributed by atoms with Crippen molar-refractivity contribution in [2.24, 2.45) is 7.05 Å². The molecule has 138 valence electrons. The van der Waals surface area contributed by atoms with E-state index in [1.165, 1.54) is 4.88 Å². The fourth-order valence-corrected chi connectivity index (χ4v) is 4.96. The zero-order valence-electron chi connectivity index (χ0n) is 14.8. The van der Waals surface area contributed by atoms with Crippen LogP contribution in [0.5, 0.6) is 5.75 Å². The Morgan fingerprint density at radius 2 is 2.07 bits per heavy atom. The lowest BCUT2D eigenvalue weighted by Crippen LogP contribution is -2.26. The van der Waals surface area contributed by atoms with Crippen molar-refractivity contribution in [3.05, 3.63) is 39.6 Å². The highest BCUT2D eigenvalue weighted by atomic mass is 32.1. The zero-order valence-corrected chi connectivity index (χ0v) is 15.6. The molecule has 7 nitrogen and oxygen atoms in total. The number of aromatic hydroxyl groups is 1. The minimum absolute atomic E-state index is 0.0545. The van der Waals surface area contributed by atoms with E-state index in [9.17, 15) is 9.90 Å². The number of rotatable bonds is 2. The van der Waals surface area contributed by atoms with E-state index in [1.807, 2.05) is 25.4 Å². The Morgan fingerprint density at radius 3 is 2.89 bits per heavy atom. The molecule has 3 aromatic heterocycles. The van der Waals surface area contributed by atoms with Gasteiger partial charge in [-0.2, -0.15) is 5.10 Å². The summed E-state index contributed by atoms with van der Waals surface area (Å²) in [5.41, 5.74) is 1.04. The van der Waals surface area contributed by atoms with Crippen LogP contribution in [0.1, 0.15) is 23.6 Å². The summed E-state index contributed by atoms with van der Waals surface area (Å²) in [4.78, 5) is 22.1. The number of aryl methyl sites for hydroxylation is 1. The molecule has 8 heteroatoms. The molecular weight excluding hydrogens is 362 g/mol. The van der Waals surface area contributed by atoms with Crippen molar-refractivity contribution in [2.75, 3.05) is 13.1 Å². The number of H-pyrrole nitrogens is 1. The molecule has 1 fully saturated rings. The van der Waals surface area contributed by atoms with Crippen LogP contribution in [0.2, 0.25) is 0 Å². The quantitative estimate of drug-likeness (QED) is 0.496. The summed E-state index contributed by atoms with van der Waals surface area (Å²) < 4.78 is 1.69. The van der Waals surface area contributed by atoms with Gasteiger partial charge < -0.3 is 15.4 Å². The molecule has 1 saturated heterocycles. The summed E-state index contributed by atoms with van der Waals surface area (Å²) in [6, 6.07) is 5.39. The van der Waals surface area contributed by atoms with Crippen LogP contribution in [0.3, 0.4) is 0 Å². The summed E-state index contributed by atoms with van der Waals surface area (Å²) in [6.07, 6.45) is 4.03. The number of phenolic OH excluding ortho intramolecular Hbond substituents is 1. The van der Waals surface area contributed by atoms with Crippen LogP contribution in [-0.2, 0) is 7.05 Å². The van der Waals surface area contributed by atoms with E-state index in [4.69, 9.17) is 0 Å². The average Bonchev–Trinajstić information content (AvgIpc) is 3.24. The van der Waals surface area contributed by atoms with E-state index in [1.54, 1.807) is 22.1 Å². The highest BCUT2D eigenvalue weighted by Gasteiger charge is 2.20. The molecule has 3 N–H and O–H groups in total. The predicted octanol–water partition coefficient (Wildman–Crippen LogP) is 2.71. The van der Waals surface area contributed by atoms with Gasteiger partial charge in [0.15, 0.2) is 0 Å². The molecular formula is C19H19N5O2S. The van der Waals surface area contributed by atoms with E-state index in [0.717, 1.165) is 31.3 Å². The van der Waals surface area contributed by atoms with Gasteiger partial charge >= 0.3 is 0 Å². The molecule has 1 aliphatic heterocycles. The Morgan fingerprint density at radius 1 is 1.26 bits per heavy atom. The maximum atomic E-state index is 12.6. The zero-order chi connectivity index (χ0) is 18.5. The Balaban J connectivity index is 1.63. The van der Waals surface area contributed by atoms with Crippen LogP contribution in [0.15, 0.2) is 29.2 Å². The maximum Gasteiger partial charge on any atom is 0.259 e. The minimum Gasteiger partial charge on any atom is -0.507 e. The Kier molecular flexibility index (Phi) is 3.76. The van der Waals surface area contributed by atoms with Crippen LogP contribution in [0.25, 0.3) is 32.5 Å². The lowest BCUT2D eigenvalue weighted by molar-refractivity contribution is 0.465. The normalized spacial score (nSPS) is 15.7. The van der Waals surface area contributed by atoms with E-state index in [0.29, 0.717) is 33.0 Å². The van der Waals surface area contributed by atoms with Crippen LogP contribution in [0, 0.1) is 0 Å². The Bertz CT molecular complexity index is 1220. The summed E-state index contributed by atoms with van der Waals surface area (Å²) in [6.45, 7) is 2.01. The van der Waals surface area contributed by atoms with E-state index < -0.39 is 0 Å². The number of aromatic nitrogens is 4. The molecule has 0 atom stereocenters. The fourth-order valence-electron chi connectivity index (χ4n) is 3.76. The largest absolute Gasteiger partial charge is 0.507 e. The van der Waals surface area contributed by atoms with Crippen molar-refractivity contribution >= 4 is 32.5 Å². The summed E-state index contributed by atoms with van der Waals surface area (Å²) in [5.74, 6) is 0.918. The average molecular weight is 381 g/mol. The van der Waals surface area contributed by atoms with Gasteiger partial charge in [-0.05, 0) is 44.0 Å². The molecule has 27 heavy (non-hydrogen) atoms. The first-order valence-electron chi connectivity index (χ1n) is 9.00. The first-order valence-corrected chi connectivity index (χ1v) is 9.81. The smallest absolute Gasteiger partial charge is 0.259 e. The molecule has 0 aliphatic carbocycles. The van der Waals surface area contributed by atoms with Gasteiger partial charge in [-0.1, -0.05) is 0 Å². The number of fused-ring (bicyclic) bond motifs is 2. The van der Waals surface area contributed by atoms with E-state index in [-0.39, 0.29) is 11.3 Å². The highest BCUT2D eigenvalue weighted by Crippen LogP contribution is 2.35. The SMILES string of the molecule is Cn1cc2cc(-c3nc4sc(C5CCNCC5)cc4c(=O)[nH]3)c(O)cc2n1. The van der Waals surface area contributed by atoms with Gasteiger partial charge in [0.25, 0.3) is 5.56 Å². The molecule has 1 aromatic carbocycles. The predicted molar refractivity (Wildman–Crippen MR) is 106 cm³/mol. The standard InChI is InChI=1S/C19H19N5O2S/c1-24-9-11-6-12(15(25)8-14(11)23-24)17-21-18(26)13-7-16(27-19(13)22-17)10-2-4-20-5-3-10/h6-10,20,25H,2-5H2,1H3,(H,21,22,26). The third-order valence-electron chi connectivity index (χ3n) is 5.15. The highest BCUT2D eigenvalue weighted by molar-refractivity contribution is 7.18. The summed E-state index contributed by atoms with van der Waals surface area (Å²) >= 11 is 1.58. The molecule has 0 bridgehead atoms. The maximum absolute atomic E-state index is 12.6. The Hall–Kier alpha value is -2.71. The molecule has 0 amide bonds. The monoisotopic (exact) mass is 381 g/mol. The summed E-state index contributed by atoms with van der Waals surface area (Å²) in [7, 11) is 1.83. The van der Waals surface area contributed by atoms with Gasteiger partial charge in [0, 0.05) is 29.6 Å². The van der Waals surface area contributed by atoms with Gasteiger partial charge in [-0.25, -0.2) is 4.98 Å². The van der Waals surface area contributed by atoms with Crippen molar-refractivity contribution in [2.45, 2.75) is 18.8 Å². The van der Waals surface area contributed by atoms with Crippen LogP contribution >= 0.6 is 11.3 Å². The topological polar surface area (TPSA) is 95.8 Å². The number of thiophene rings is 1. The van der Waals surface area contributed by atoms with Crippen LogP contribution < -0.4 is 10.9 Å². The number of piperidine rings is 1. The number of hydrogen-bond acceptors (Lipinski definition) is 6. The second kappa shape index (κ2) is 6.17. The molecule has 0 saturated carbocycles. The number of nitrogens with zero attached hydrogens (tertiary/aromatic N) is 3. The third kappa shape index (κ3) is 2.81. The van der Waals surface area contributed by atoms with Crippen molar-refractivity contribution in [3.63, 3.8) is 0 Å². The minimum atomic E-state index is -0.169.